The van der Waals surface area contributed by atoms with Gasteiger partial charge in [0.15, 0.2) is 48.6 Å². The van der Waals surface area contributed by atoms with Crippen LogP contribution in [-0.2, 0) is 56.0 Å². The Morgan fingerprint density at radius 2 is 1.40 bits per heavy atom. The van der Waals surface area contributed by atoms with Gasteiger partial charge < -0.3 is 64.0 Å². The topological polar surface area (TPSA) is 300 Å². The number of methoxy groups -OCH3 is 2. The number of imide groups is 1. The normalized spacial score (nSPS) is 18.6. The Morgan fingerprint density at radius 3 is 2.01 bits per heavy atom. The van der Waals surface area contributed by atoms with E-state index in [2.05, 4.69) is 20.9 Å². The zero-order chi connectivity index (χ0) is 61.5. The van der Waals surface area contributed by atoms with E-state index < -0.39 is 71.0 Å². The highest BCUT2D eigenvalue weighted by Gasteiger charge is 2.48. The van der Waals surface area contributed by atoms with Gasteiger partial charge in [-0.15, -0.1) is 0 Å². The standard InChI is InChI=1S/C60H74N8O17/c1-34(2)52(64-57(77)59(4,5)31-85-60(6,7)19-20-61-49(70)18-23-67-50(71)14-15-51(67)72)53(73)63-35(3)44(69)24-36-10-12-37(13-11-36)30-82-58(78)68-43-28-48(46(80-9)26-40(43)55(75)66-22-17-42(66)56(68)76)84-33-81-32-83-47-27-41-39(25-45(47)79-8)54(74)65-21-16-38(65)29-62-41/h10-15,25-29,34-35,38,42,52,56,76H,16-24,30-33H2,1-9H3,(H,61,70)(H,63,73)(H,64,77)/t35-,38-,42-,52-,56?/m0/s1. The van der Waals surface area contributed by atoms with E-state index in [-0.39, 0.29) is 111 Å². The maximum Gasteiger partial charge on any atom is 0.416 e. The Bertz CT molecular complexity index is 3120. The highest BCUT2D eigenvalue weighted by atomic mass is 16.7. The quantitative estimate of drug-likeness (QED) is 0.0474. The number of fused-ring (bicyclic) bond motifs is 4. The fraction of sp³-hybridized carbons (Fsp3) is 0.500. The molecule has 5 aliphatic heterocycles. The molecule has 3 aromatic rings. The van der Waals surface area contributed by atoms with Gasteiger partial charge in [-0.3, -0.25) is 48.2 Å². The zero-order valence-corrected chi connectivity index (χ0v) is 49.2. The predicted octanol–water partition coefficient (Wildman–Crippen LogP) is 4.11. The van der Waals surface area contributed by atoms with Crippen LogP contribution in [0.1, 0.15) is 106 Å². The predicted molar refractivity (Wildman–Crippen MR) is 305 cm³/mol. The van der Waals surface area contributed by atoms with Crippen molar-refractivity contribution < 1.29 is 81.4 Å². The van der Waals surface area contributed by atoms with Crippen molar-refractivity contribution in [2.45, 2.75) is 123 Å². The second-order valence-electron chi connectivity index (χ2n) is 22.9. The molecule has 456 valence electrons. The van der Waals surface area contributed by atoms with Crippen LogP contribution < -0.4 is 39.8 Å². The van der Waals surface area contributed by atoms with E-state index in [1.165, 1.54) is 31.3 Å². The van der Waals surface area contributed by atoms with Crippen molar-refractivity contribution in [3.8, 4) is 23.0 Å². The van der Waals surface area contributed by atoms with Crippen molar-refractivity contribution in [1.29, 1.82) is 0 Å². The van der Waals surface area contributed by atoms with Gasteiger partial charge in [-0.2, -0.15) is 0 Å². The first-order chi connectivity index (χ1) is 40.4. The van der Waals surface area contributed by atoms with Crippen LogP contribution in [0.3, 0.4) is 0 Å². The first kappa shape index (κ1) is 62.6. The molecule has 2 saturated heterocycles. The number of benzene rings is 3. The molecule has 0 bridgehead atoms. The lowest BCUT2D eigenvalue weighted by Crippen LogP contribution is -2.60. The van der Waals surface area contributed by atoms with Crippen LogP contribution in [0.15, 0.2) is 65.7 Å². The minimum Gasteiger partial charge on any atom is -0.493 e. The number of nitrogens with zero attached hydrogens (tertiary/aromatic N) is 5. The summed E-state index contributed by atoms with van der Waals surface area (Å²) in [5.74, 6) is -2.69. The molecule has 0 aromatic heterocycles. The van der Waals surface area contributed by atoms with Crippen molar-refractivity contribution in [3.05, 3.63) is 82.9 Å². The number of carbonyl (C=O) groups excluding carboxylic acids is 9. The van der Waals surface area contributed by atoms with Crippen molar-refractivity contribution in [1.82, 2.24) is 30.7 Å². The van der Waals surface area contributed by atoms with Crippen LogP contribution in [0.4, 0.5) is 16.2 Å². The van der Waals surface area contributed by atoms with E-state index in [1.807, 2.05) is 13.8 Å². The molecule has 1 unspecified atom stereocenters. The molecule has 5 heterocycles. The lowest BCUT2D eigenvalue weighted by molar-refractivity contribution is -0.141. The Balaban J connectivity index is 0.807. The molecular weight excluding hydrogens is 1100 g/mol. The summed E-state index contributed by atoms with van der Waals surface area (Å²) in [6.07, 6.45) is 3.16. The monoisotopic (exact) mass is 1180 g/mol. The summed E-state index contributed by atoms with van der Waals surface area (Å²) >= 11 is 0. The van der Waals surface area contributed by atoms with Gasteiger partial charge >= 0.3 is 6.09 Å². The number of rotatable bonds is 27. The lowest BCUT2D eigenvalue weighted by Gasteiger charge is -2.43. The molecule has 5 aliphatic rings. The average molecular weight is 1180 g/mol. The second-order valence-corrected chi connectivity index (χ2v) is 22.9. The molecule has 0 spiro atoms. The van der Waals surface area contributed by atoms with Crippen molar-refractivity contribution in [2.24, 2.45) is 16.3 Å². The first-order valence-corrected chi connectivity index (χ1v) is 28.1. The molecule has 25 nitrogen and oxygen atoms in total. The summed E-state index contributed by atoms with van der Waals surface area (Å²) in [4.78, 5) is 127. The minimum atomic E-state index is -1.49. The molecule has 3 aromatic carbocycles. The summed E-state index contributed by atoms with van der Waals surface area (Å²) in [5, 5.41) is 20.0. The van der Waals surface area contributed by atoms with E-state index in [1.54, 1.807) is 82.1 Å². The van der Waals surface area contributed by atoms with E-state index in [0.29, 0.717) is 54.1 Å². The van der Waals surface area contributed by atoms with Gasteiger partial charge in [0.1, 0.15) is 12.6 Å². The van der Waals surface area contributed by atoms with Gasteiger partial charge in [-0.1, -0.05) is 38.1 Å². The molecule has 8 amide bonds. The van der Waals surface area contributed by atoms with Gasteiger partial charge in [-0.05, 0) is 83.1 Å². The van der Waals surface area contributed by atoms with Crippen molar-refractivity contribution in [3.63, 3.8) is 0 Å². The zero-order valence-electron chi connectivity index (χ0n) is 49.2. The fourth-order valence-corrected chi connectivity index (χ4v) is 9.86. The van der Waals surface area contributed by atoms with Crippen LogP contribution in [-0.4, -0.2) is 176 Å². The molecule has 85 heavy (non-hydrogen) atoms. The average Bonchev–Trinajstić information content (AvgIpc) is 2.07. The molecule has 0 aliphatic carbocycles. The van der Waals surface area contributed by atoms with Crippen LogP contribution in [0, 0.1) is 11.3 Å². The van der Waals surface area contributed by atoms with E-state index in [4.69, 9.17) is 33.2 Å². The number of aliphatic hydroxyl groups excluding tert-OH is 1. The van der Waals surface area contributed by atoms with E-state index >= 15 is 0 Å². The number of aliphatic hydroxyl groups is 1. The second kappa shape index (κ2) is 26.7. The Hall–Kier alpha value is -8.42. The number of ether oxygens (including phenoxy) is 7. The largest absolute Gasteiger partial charge is 0.493 e. The summed E-state index contributed by atoms with van der Waals surface area (Å²) < 4.78 is 40.4. The van der Waals surface area contributed by atoms with Gasteiger partial charge in [0.05, 0.1) is 72.5 Å². The Labute approximate surface area is 492 Å². The maximum atomic E-state index is 14.1. The number of carbonyl (C=O) groups is 9. The Kier molecular flexibility index (Phi) is 19.6. The van der Waals surface area contributed by atoms with Crippen molar-refractivity contribution >= 4 is 70.8 Å². The molecule has 25 heteroatoms. The maximum absolute atomic E-state index is 14.1. The summed E-state index contributed by atoms with van der Waals surface area (Å²) in [6.45, 7) is 12.3. The van der Waals surface area contributed by atoms with Gasteiger partial charge in [-0.25, -0.2) is 9.69 Å². The highest BCUT2D eigenvalue weighted by molar-refractivity contribution is 6.13. The van der Waals surface area contributed by atoms with Gasteiger partial charge in [0.25, 0.3) is 23.6 Å². The third kappa shape index (κ3) is 14.6. The molecule has 0 saturated carbocycles. The van der Waals surface area contributed by atoms with Crippen LogP contribution in [0.25, 0.3) is 0 Å². The smallest absolute Gasteiger partial charge is 0.416 e. The summed E-state index contributed by atoms with van der Waals surface area (Å²) in [7, 11) is 2.84. The minimum absolute atomic E-state index is 0.00746. The molecule has 5 atom stereocenters. The van der Waals surface area contributed by atoms with Crippen LogP contribution in [0.5, 0.6) is 23.0 Å². The molecule has 0 radical (unpaired) electrons. The third-order valence-corrected chi connectivity index (χ3v) is 15.5. The van der Waals surface area contributed by atoms with Gasteiger partial charge in [0, 0.05) is 69.5 Å². The summed E-state index contributed by atoms with van der Waals surface area (Å²) in [6, 6.07) is 10.0. The van der Waals surface area contributed by atoms with Crippen LogP contribution in [0.2, 0.25) is 0 Å². The first-order valence-electron chi connectivity index (χ1n) is 28.1. The number of hydrogen-bond donors (Lipinski definition) is 4. The number of ketones is 1. The van der Waals surface area contributed by atoms with Crippen LogP contribution >= 0.6 is 0 Å². The lowest BCUT2D eigenvalue weighted by atomic mass is 9.91. The molecule has 8 rings (SSSR count). The third-order valence-electron chi connectivity index (χ3n) is 15.5. The SMILES string of the molecule is COc1cc2c(cc1OCOCOc1cc3c(cc1OC)C(=O)N1CC[C@H]1C(O)N3C(=O)OCc1ccc(CC(=O)[C@H](C)NC(=O)[C@@H](NC(=O)C(C)(C)COC(C)(C)CCNC(=O)CCN3C(=O)C=CC3=O)C(C)C)cc1)N=C[C@@H]1CCN1C2=O. The van der Waals surface area contributed by atoms with Gasteiger partial charge in [0.2, 0.25) is 17.7 Å². The number of anilines is 1. The Morgan fingerprint density at radius 1 is 0.776 bits per heavy atom. The van der Waals surface area contributed by atoms with E-state index in [9.17, 15) is 48.3 Å². The number of hydrogen-bond acceptors (Lipinski definition) is 18. The molecule has 2 fully saturated rings. The number of nitrogens with one attached hydrogen (secondary N) is 3. The number of amides is 8. The van der Waals surface area contributed by atoms with Crippen molar-refractivity contribution in [2.75, 3.05) is 65.5 Å². The fourth-order valence-electron chi connectivity index (χ4n) is 9.86. The number of aliphatic imine (C=N–C) groups is 1. The highest BCUT2D eigenvalue weighted by Crippen LogP contribution is 2.43. The van der Waals surface area contributed by atoms with E-state index in [0.717, 1.165) is 28.4 Å². The summed E-state index contributed by atoms with van der Waals surface area (Å²) in [5.41, 5.74) is 0.194. The molecule has 4 N–H and O–H groups in total. The number of Topliss-reactive ketones (excluding diaryl/α,β-unsaturated/α-hetero) is 1. The molecular formula is C60H74N8O17.